The number of methoxy groups -OCH3 is 1. The van der Waals surface area contributed by atoms with Crippen LogP contribution in [0.5, 0.6) is 5.88 Å². The van der Waals surface area contributed by atoms with Crippen LogP contribution in [0.2, 0.25) is 0 Å². The Morgan fingerprint density at radius 1 is 1.37 bits per heavy atom. The number of hydrogen-bond acceptors (Lipinski definition) is 9. The maximum absolute atomic E-state index is 10.2. The maximum Gasteiger partial charge on any atom is 0.224 e. The van der Waals surface area contributed by atoms with Crippen LogP contribution >= 0.6 is 11.3 Å². The number of aliphatic hydroxyl groups is 1. The first-order valence-electron chi connectivity index (χ1n) is 10.3. The Bertz CT molecular complexity index is 987. The summed E-state index contributed by atoms with van der Waals surface area (Å²) in [5.74, 6) is 2.76. The minimum atomic E-state index is -0.339. The van der Waals surface area contributed by atoms with Gasteiger partial charge in [0.1, 0.15) is 16.6 Å². The predicted molar refractivity (Wildman–Crippen MR) is 119 cm³/mol. The van der Waals surface area contributed by atoms with Crippen LogP contribution in [0.15, 0.2) is 17.6 Å². The van der Waals surface area contributed by atoms with Crippen molar-refractivity contribution < 1.29 is 9.84 Å². The molecule has 1 aliphatic heterocycles. The Morgan fingerprint density at radius 3 is 2.97 bits per heavy atom. The summed E-state index contributed by atoms with van der Waals surface area (Å²) < 4.78 is 7.01. The molecular formula is C20H29N7O2S. The van der Waals surface area contributed by atoms with Gasteiger partial charge in [-0.1, -0.05) is 13.8 Å². The van der Waals surface area contributed by atoms with E-state index in [1.807, 2.05) is 22.2 Å². The summed E-state index contributed by atoms with van der Waals surface area (Å²) in [6.45, 7) is 7.10. The number of aliphatic hydroxyl groups excluding tert-OH is 1. The molecule has 0 unspecified atom stereocenters. The van der Waals surface area contributed by atoms with Crippen molar-refractivity contribution in [1.29, 1.82) is 0 Å². The largest absolute Gasteiger partial charge is 0.480 e. The molecule has 0 radical (unpaired) electrons. The third-order valence-corrected chi connectivity index (χ3v) is 6.24. The molecule has 1 saturated heterocycles. The van der Waals surface area contributed by atoms with Gasteiger partial charge in [-0.2, -0.15) is 9.61 Å². The van der Waals surface area contributed by atoms with Crippen LogP contribution in [0.1, 0.15) is 36.8 Å². The monoisotopic (exact) mass is 431 g/mol. The molecular weight excluding hydrogens is 402 g/mol. The lowest BCUT2D eigenvalue weighted by Crippen LogP contribution is -2.43. The number of aromatic nitrogens is 4. The van der Waals surface area contributed by atoms with Crippen molar-refractivity contribution in [3.63, 3.8) is 0 Å². The van der Waals surface area contributed by atoms with Crippen molar-refractivity contribution in [3.05, 3.63) is 28.2 Å². The van der Waals surface area contributed by atoms with E-state index in [-0.39, 0.29) is 12.0 Å². The fourth-order valence-corrected chi connectivity index (χ4v) is 4.29. The Morgan fingerprint density at radius 2 is 2.23 bits per heavy atom. The number of nitrogens with one attached hydrogen (secondary N) is 3. The number of hydrogen-bond donors (Lipinski definition) is 4. The Hall–Kier alpha value is -2.43. The first kappa shape index (κ1) is 20.8. The number of nitrogens with zero attached hydrogens (tertiary/aromatic N) is 4. The zero-order chi connectivity index (χ0) is 21.1. The highest BCUT2D eigenvalue weighted by atomic mass is 32.1. The Labute approximate surface area is 179 Å². The first-order valence-corrected chi connectivity index (χ1v) is 11.2. The van der Waals surface area contributed by atoms with Gasteiger partial charge in [-0.25, -0.2) is 9.97 Å². The van der Waals surface area contributed by atoms with Gasteiger partial charge in [0.25, 0.3) is 0 Å². The van der Waals surface area contributed by atoms with Gasteiger partial charge in [0, 0.05) is 30.6 Å². The molecule has 0 saturated carbocycles. The normalized spacial score (nSPS) is 19.4. The SMILES string of the molecule is COc1csc(CNc2cc(NC[C@H]3CCNC[C@@H]3O)nc3c(C(C)C)cnn23)n1. The van der Waals surface area contributed by atoms with Gasteiger partial charge < -0.3 is 25.8 Å². The van der Waals surface area contributed by atoms with E-state index < -0.39 is 0 Å². The minimum absolute atomic E-state index is 0.206. The van der Waals surface area contributed by atoms with E-state index in [2.05, 4.69) is 39.9 Å². The zero-order valence-electron chi connectivity index (χ0n) is 17.6. The van der Waals surface area contributed by atoms with Gasteiger partial charge in [-0.3, -0.25) is 0 Å². The van der Waals surface area contributed by atoms with Crippen LogP contribution in [-0.4, -0.2) is 57.5 Å². The number of β-amino-alcohol motifs (C(OH)–C–C–N with tert-alkyl or cyclic N) is 1. The van der Waals surface area contributed by atoms with Crippen LogP contribution in [0.4, 0.5) is 11.6 Å². The molecule has 3 aromatic heterocycles. The molecule has 4 rings (SSSR count). The van der Waals surface area contributed by atoms with E-state index in [0.29, 0.717) is 31.4 Å². The van der Waals surface area contributed by atoms with E-state index in [1.165, 1.54) is 0 Å². The van der Waals surface area contributed by atoms with Gasteiger partial charge in [-0.05, 0) is 18.9 Å². The molecule has 4 N–H and O–H groups in total. The molecule has 162 valence electrons. The molecule has 30 heavy (non-hydrogen) atoms. The fraction of sp³-hybridized carbons (Fsp3) is 0.550. The van der Waals surface area contributed by atoms with Crippen molar-refractivity contribution in [1.82, 2.24) is 24.9 Å². The van der Waals surface area contributed by atoms with Crippen LogP contribution in [0.3, 0.4) is 0 Å². The molecule has 0 bridgehead atoms. The van der Waals surface area contributed by atoms with Crippen LogP contribution in [-0.2, 0) is 6.54 Å². The summed E-state index contributed by atoms with van der Waals surface area (Å²) in [6.07, 6.45) is 2.48. The molecule has 0 aromatic carbocycles. The topological polar surface area (TPSA) is 109 Å². The summed E-state index contributed by atoms with van der Waals surface area (Å²) in [6, 6.07) is 1.96. The molecule has 0 spiro atoms. The lowest BCUT2D eigenvalue weighted by molar-refractivity contribution is 0.0883. The summed E-state index contributed by atoms with van der Waals surface area (Å²) >= 11 is 1.55. The van der Waals surface area contributed by atoms with Gasteiger partial charge in [0.05, 0.1) is 31.3 Å². The summed E-state index contributed by atoms with van der Waals surface area (Å²) in [4.78, 5) is 9.24. The van der Waals surface area contributed by atoms with Crippen LogP contribution in [0.25, 0.3) is 5.65 Å². The van der Waals surface area contributed by atoms with Crippen molar-refractivity contribution in [2.75, 3.05) is 37.4 Å². The molecule has 4 heterocycles. The predicted octanol–water partition coefficient (Wildman–Crippen LogP) is 2.31. The highest BCUT2D eigenvalue weighted by molar-refractivity contribution is 7.09. The third kappa shape index (κ3) is 4.50. The summed E-state index contributed by atoms with van der Waals surface area (Å²) in [7, 11) is 1.62. The second-order valence-corrected chi connectivity index (χ2v) is 8.80. The number of anilines is 2. The third-order valence-electron chi connectivity index (χ3n) is 5.42. The number of fused-ring (bicyclic) bond motifs is 1. The van der Waals surface area contributed by atoms with Crippen molar-refractivity contribution >= 4 is 28.6 Å². The molecule has 0 amide bonds. The molecule has 1 fully saturated rings. The minimum Gasteiger partial charge on any atom is -0.480 e. The number of rotatable bonds is 8. The van der Waals surface area contributed by atoms with Crippen molar-refractivity contribution in [2.24, 2.45) is 5.92 Å². The van der Waals surface area contributed by atoms with Crippen molar-refractivity contribution in [2.45, 2.75) is 38.8 Å². The number of thiazole rings is 1. The van der Waals surface area contributed by atoms with E-state index in [9.17, 15) is 5.11 Å². The highest BCUT2D eigenvalue weighted by Crippen LogP contribution is 2.25. The van der Waals surface area contributed by atoms with E-state index in [0.717, 1.165) is 40.8 Å². The Balaban J connectivity index is 1.57. The van der Waals surface area contributed by atoms with E-state index in [4.69, 9.17) is 9.72 Å². The fourth-order valence-electron chi connectivity index (χ4n) is 3.61. The van der Waals surface area contributed by atoms with Gasteiger partial charge in [0.2, 0.25) is 5.88 Å². The van der Waals surface area contributed by atoms with Crippen LogP contribution < -0.4 is 20.7 Å². The molecule has 2 atom stereocenters. The highest BCUT2D eigenvalue weighted by Gasteiger charge is 2.23. The quantitative estimate of drug-likeness (QED) is 0.430. The maximum atomic E-state index is 10.2. The first-order chi connectivity index (χ1) is 14.5. The number of ether oxygens (including phenoxy) is 1. The average Bonchev–Trinajstić information content (AvgIpc) is 3.38. The van der Waals surface area contributed by atoms with Crippen LogP contribution in [0, 0.1) is 5.92 Å². The smallest absolute Gasteiger partial charge is 0.224 e. The summed E-state index contributed by atoms with van der Waals surface area (Å²) in [5.41, 5.74) is 1.93. The second kappa shape index (κ2) is 9.15. The molecule has 10 heteroatoms. The lowest BCUT2D eigenvalue weighted by Gasteiger charge is -2.28. The zero-order valence-corrected chi connectivity index (χ0v) is 18.4. The second-order valence-electron chi connectivity index (χ2n) is 7.85. The Kier molecular flexibility index (Phi) is 6.35. The van der Waals surface area contributed by atoms with Gasteiger partial charge >= 0.3 is 0 Å². The summed E-state index contributed by atoms with van der Waals surface area (Å²) in [5, 5.41) is 27.7. The molecule has 0 aliphatic carbocycles. The van der Waals surface area contributed by atoms with Crippen molar-refractivity contribution in [3.8, 4) is 5.88 Å². The molecule has 1 aliphatic rings. The molecule has 3 aromatic rings. The van der Waals surface area contributed by atoms with Gasteiger partial charge in [-0.15, -0.1) is 11.3 Å². The lowest BCUT2D eigenvalue weighted by atomic mass is 9.95. The average molecular weight is 432 g/mol. The molecule has 9 nitrogen and oxygen atoms in total. The van der Waals surface area contributed by atoms with E-state index >= 15 is 0 Å². The van der Waals surface area contributed by atoms with E-state index in [1.54, 1.807) is 18.4 Å². The van der Waals surface area contributed by atoms with Gasteiger partial charge in [0.15, 0.2) is 5.65 Å². The standard InChI is InChI=1S/C20H29N7O2S/c1-12(2)14-8-24-27-17(23-10-19-26-18(29-3)11-30-19)6-16(25-20(14)27)22-7-13-4-5-21-9-15(13)28/h6,8,11-13,15,21,23,28H,4-5,7,9-10H2,1-3H3,(H,22,25)/t13-,15+/m1/s1. The number of piperidine rings is 1.